The summed E-state index contributed by atoms with van der Waals surface area (Å²) in [5, 5.41) is 0. The topological polar surface area (TPSA) is 68.7 Å². The maximum Gasteiger partial charge on any atom is 0.410 e. The third kappa shape index (κ3) is 4.31. The van der Waals surface area contributed by atoms with Crippen molar-refractivity contribution in [1.29, 1.82) is 0 Å². The van der Waals surface area contributed by atoms with Gasteiger partial charge in [-0.25, -0.2) is 19.0 Å². The standard InChI is InChI=1S/C17H21FN2O4/c1-17(2,3)24-16(22)20-7-5-11(6-8-20)13-9-12(18)10-19-14(13)15(21)23-4/h5,9-10H,6-8H2,1-4H3. The second kappa shape index (κ2) is 6.98. The monoisotopic (exact) mass is 336 g/mol. The Balaban J connectivity index is 2.20. The minimum absolute atomic E-state index is 0.0656. The molecule has 0 aromatic carbocycles. The van der Waals surface area contributed by atoms with Gasteiger partial charge in [0.15, 0.2) is 5.69 Å². The Morgan fingerprint density at radius 3 is 2.58 bits per heavy atom. The van der Waals surface area contributed by atoms with Gasteiger partial charge in [-0.3, -0.25) is 0 Å². The van der Waals surface area contributed by atoms with Crippen LogP contribution in [0.4, 0.5) is 9.18 Å². The lowest BCUT2D eigenvalue weighted by atomic mass is 9.98. The SMILES string of the molecule is COC(=O)c1ncc(F)cc1C1=CCN(C(=O)OC(C)(C)C)CC1. The first kappa shape index (κ1) is 17.9. The Bertz CT molecular complexity index is 680. The first-order chi connectivity index (χ1) is 11.2. The molecule has 1 aromatic rings. The molecule has 0 saturated heterocycles. The van der Waals surface area contributed by atoms with Crippen LogP contribution in [0.2, 0.25) is 0 Å². The van der Waals surface area contributed by atoms with E-state index in [2.05, 4.69) is 9.72 Å². The molecule has 0 aliphatic carbocycles. The zero-order chi connectivity index (χ0) is 17.9. The normalized spacial score (nSPS) is 14.9. The van der Waals surface area contributed by atoms with Crippen LogP contribution in [0.25, 0.3) is 5.57 Å². The van der Waals surface area contributed by atoms with E-state index < -0.39 is 23.5 Å². The van der Waals surface area contributed by atoms with E-state index in [0.29, 0.717) is 25.1 Å². The predicted octanol–water partition coefficient (Wildman–Crippen LogP) is 3.03. The first-order valence-corrected chi connectivity index (χ1v) is 7.62. The van der Waals surface area contributed by atoms with Gasteiger partial charge in [-0.15, -0.1) is 0 Å². The fourth-order valence-electron chi connectivity index (χ4n) is 2.35. The number of carbonyl (C=O) groups excluding carboxylic acids is 2. The Hall–Kier alpha value is -2.44. The van der Waals surface area contributed by atoms with Crippen molar-refractivity contribution >= 4 is 17.6 Å². The van der Waals surface area contributed by atoms with Crippen LogP contribution >= 0.6 is 0 Å². The third-order valence-corrected chi connectivity index (χ3v) is 3.44. The van der Waals surface area contributed by atoms with E-state index >= 15 is 0 Å². The second-order valence-corrected chi connectivity index (χ2v) is 6.45. The molecule has 7 heteroatoms. The Kier molecular flexibility index (Phi) is 5.21. The number of ether oxygens (including phenoxy) is 2. The van der Waals surface area contributed by atoms with Crippen molar-refractivity contribution < 1.29 is 23.5 Å². The third-order valence-electron chi connectivity index (χ3n) is 3.44. The van der Waals surface area contributed by atoms with Gasteiger partial charge in [-0.1, -0.05) is 6.08 Å². The maximum atomic E-state index is 13.5. The number of rotatable bonds is 2. The number of nitrogens with zero attached hydrogens (tertiary/aromatic N) is 2. The zero-order valence-corrected chi connectivity index (χ0v) is 14.3. The molecule has 1 aliphatic heterocycles. The minimum Gasteiger partial charge on any atom is -0.464 e. The number of amides is 1. The average molecular weight is 336 g/mol. The number of methoxy groups -OCH3 is 1. The molecule has 6 nitrogen and oxygen atoms in total. The van der Waals surface area contributed by atoms with Crippen molar-refractivity contribution in [2.45, 2.75) is 32.8 Å². The Morgan fingerprint density at radius 2 is 2.04 bits per heavy atom. The molecule has 0 N–H and O–H groups in total. The summed E-state index contributed by atoms with van der Waals surface area (Å²) in [4.78, 5) is 29.2. The fraction of sp³-hybridized carbons (Fsp3) is 0.471. The number of halogens is 1. The van der Waals surface area contributed by atoms with Crippen LogP contribution in [-0.2, 0) is 9.47 Å². The van der Waals surface area contributed by atoms with E-state index in [9.17, 15) is 14.0 Å². The molecular formula is C17H21FN2O4. The number of carbonyl (C=O) groups is 2. The van der Waals surface area contributed by atoms with Crippen molar-refractivity contribution in [3.8, 4) is 0 Å². The van der Waals surface area contributed by atoms with Crippen molar-refractivity contribution in [3.05, 3.63) is 35.4 Å². The molecule has 130 valence electrons. The molecule has 0 radical (unpaired) electrons. The summed E-state index contributed by atoms with van der Waals surface area (Å²) in [6, 6.07) is 1.26. The van der Waals surface area contributed by atoms with E-state index in [-0.39, 0.29) is 5.69 Å². The molecule has 24 heavy (non-hydrogen) atoms. The summed E-state index contributed by atoms with van der Waals surface area (Å²) in [6.07, 6.45) is 2.82. The predicted molar refractivity (Wildman–Crippen MR) is 85.9 cm³/mol. The molecule has 2 rings (SSSR count). The highest BCUT2D eigenvalue weighted by atomic mass is 19.1. The zero-order valence-electron chi connectivity index (χ0n) is 14.3. The van der Waals surface area contributed by atoms with Gasteiger partial charge in [0.25, 0.3) is 0 Å². The highest BCUT2D eigenvalue weighted by Crippen LogP contribution is 2.26. The second-order valence-electron chi connectivity index (χ2n) is 6.45. The Morgan fingerprint density at radius 1 is 1.33 bits per heavy atom. The lowest BCUT2D eigenvalue weighted by Gasteiger charge is -2.29. The highest BCUT2D eigenvalue weighted by molar-refractivity contribution is 5.93. The summed E-state index contributed by atoms with van der Waals surface area (Å²) in [5.41, 5.74) is 0.648. The quantitative estimate of drug-likeness (QED) is 0.777. The number of aromatic nitrogens is 1. The molecule has 1 aromatic heterocycles. The van der Waals surface area contributed by atoms with Crippen LogP contribution in [0.1, 0.15) is 43.2 Å². The van der Waals surface area contributed by atoms with E-state index in [1.807, 2.05) is 0 Å². The van der Waals surface area contributed by atoms with Gasteiger partial charge in [-0.2, -0.15) is 0 Å². The number of pyridine rings is 1. The molecule has 0 spiro atoms. The van der Waals surface area contributed by atoms with E-state index in [4.69, 9.17) is 4.74 Å². The summed E-state index contributed by atoms with van der Waals surface area (Å²) in [5.74, 6) is -1.16. The molecule has 0 fully saturated rings. The van der Waals surface area contributed by atoms with Crippen molar-refractivity contribution in [2.75, 3.05) is 20.2 Å². The van der Waals surface area contributed by atoms with Gasteiger partial charge in [0.05, 0.1) is 13.3 Å². The lowest BCUT2D eigenvalue weighted by molar-refractivity contribution is 0.0270. The summed E-state index contributed by atoms with van der Waals surface area (Å²) in [6.45, 7) is 6.14. The molecule has 2 heterocycles. The van der Waals surface area contributed by atoms with Gasteiger partial charge >= 0.3 is 12.1 Å². The fourth-order valence-corrected chi connectivity index (χ4v) is 2.35. The highest BCUT2D eigenvalue weighted by Gasteiger charge is 2.25. The maximum absolute atomic E-state index is 13.5. The van der Waals surface area contributed by atoms with Crippen molar-refractivity contribution in [1.82, 2.24) is 9.88 Å². The number of hydrogen-bond donors (Lipinski definition) is 0. The van der Waals surface area contributed by atoms with Gasteiger partial charge < -0.3 is 14.4 Å². The first-order valence-electron chi connectivity index (χ1n) is 7.62. The van der Waals surface area contributed by atoms with Crippen LogP contribution in [-0.4, -0.2) is 47.7 Å². The lowest BCUT2D eigenvalue weighted by Crippen LogP contribution is -2.39. The molecule has 0 bridgehead atoms. The van der Waals surface area contributed by atoms with Gasteiger partial charge in [0.2, 0.25) is 0 Å². The molecule has 1 aliphatic rings. The largest absolute Gasteiger partial charge is 0.464 e. The van der Waals surface area contributed by atoms with E-state index in [0.717, 1.165) is 11.8 Å². The molecule has 0 atom stereocenters. The van der Waals surface area contributed by atoms with Crippen LogP contribution in [0.3, 0.4) is 0 Å². The van der Waals surface area contributed by atoms with Gasteiger partial charge in [0, 0.05) is 18.7 Å². The van der Waals surface area contributed by atoms with E-state index in [1.165, 1.54) is 13.2 Å². The minimum atomic E-state index is -0.625. The van der Waals surface area contributed by atoms with E-state index in [1.54, 1.807) is 31.7 Å². The summed E-state index contributed by atoms with van der Waals surface area (Å²) in [7, 11) is 1.25. The van der Waals surface area contributed by atoms with Gasteiger partial charge in [0.1, 0.15) is 11.4 Å². The molecule has 0 saturated carbocycles. The van der Waals surface area contributed by atoms with Gasteiger partial charge in [-0.05, 0) is 38.8 Å². The Labute approximate surface area is 140 Å². The number of esters is 1. The van der Waals surface area contributed by atoms with Crippen LogP contribution in [0.5, 0.6) is 0 Å². The smallest absolute Gasteiger partial charge is 0.410 e. The van der Waals surface area contributed by atoms with Crippen molar-refractivity contribution in [2.24, 2.45) is 0 Å². The van der Waals surface area contributed by atoms with Crippen LogP contribution in [0.15, 0.2) is 18.3 Å². The number of hydrogen-bond acceptors (Lipinski definition) is 5. The summed E-state index contributed by atoms with van der Waals surface area (Å²) < 4.78 is 23.5. The average Bonchev–Trinajstić information content (AvgIpc) is 2.52. The molecule has 1 amide bonds. The molecular weight excluding hydrogens is 315 g/mol. The molecule has 0 unspecified atom stereocenters. The summed E-state index contributed by atoms with van der Waals surface area (Å²) >= 11 is 0. The van der Waals surface area contributed by atoms with Crippen molar-refractivity contribution in [3.63, 3.8) is 0 Å². The van der Waals surface area contributed by atoms with Crippen LogP contribution < -0.4 is 0 Å². The van der Waals surface area contributed by atoms with Crippen LogP contribution in [0, 0.1) is 5.82 Å².